The lowest BCUT2D eigenvalue weighted by atomic mass is 9.80. The molecule has 92 heavy (non-hydrogen) atoms. The molecule has 502 valence electrons. The van der Waals surface area contributed by atoms with Crippen LogP contribution >= 0.6 is 27.3 Å². The average Bonchev–Trinajstić information content (AvgIpc) is 1.48. The van der Waals surface area contributed by atoms with Crippen LogP contribution in [0.3, 0.4) is 0 Å². The molecule has 2 aliphatic heterocycles. The molecule has 4 aliphatic rings. The third-order valence-corrected chi connectivity index (χ3v) is 18.3. The van der Waals surface area contributed by atoms with E-state index in [2.05, 4.69) is 25.9 Å². The number of aromatic nitrogens is 4. The van der Waals surface area contributed by atoms with Crippen LogP contribution in [-0.2, 0) is 61.6 Å². The van der Waals surface area contributed by atoms with Crippen molar-refractivity contribution in [2.45, 2.75) is 161 Å². The summed E-state index contributed by atoms with van der Waals surface area (Å²) >= 11 is 4.77. The zero-order valence-electron chi connectivity index (χ0n) is 50.7. The highest BCUT2D eigenvalue weighted by molar-refractivity contribution is 9.10. The molecule has 0 radical (unpaired) electrons. The second-order valence-corrected chi connectivity index (χ2v) is 25.1. The van der Waals surface area contributed by atoms with Gasteiger partial charge < -0.3 is 29.1 Å². The fourth-order valence-electron chi connectivity index (χ4n) is 12.3. The van der Waals surface area contributed by atoms with Gasteiger partial charge in [0.2, 0.25) is 0 Å². The number of carbonyl (C=O) groups excluding carboxylic acids is 3. The topological polar surface area (TPSA) is 181 Å². The predicted molar refractivity (Wildman–Crippen MR) is 317 cm³/mol. The number of benzene rings is 2. The van der Waals surface area contributed by atoms with E-state index in [1.807, 2.05) is 40.5 Å². The normalized spacial score (nSPS) is 22.2. The Balaban J connectivity index is 0.000000237. The molecule has 30 heteroatoms. The van der Waals surface area contributed by atoms with Crippen molar-refractivity contribution in [3.63, 3.8) is 0 Å². The number of thiophene rings is 1. The van der Waals surface area contributed by atoms with Gasteiger partial charge in [0, 0.05) is 50.0 Å². The number of ether oxygens (including phenoxy) is 3. The van der Waals surface area contributed by atoms with Crippen molar-refractivity contribution in [2.24, 2.45) is 23.7 Å². The number of carboxylic acid groups (broad SMARTS) is 1. The summed E-state index contributed by atoms with van der Waals surface area (Å²) in [6.45, 7) is 11.1. The Bertz CT molecular complexity index is 3320. The highest BCUT2D eigenvalue weighted by atomic mass is 79.9. The monoisotopic (exact) mass is 1390 g/mol. The molecule has 4 atom stereocenters. The summed E-state index contributed by atoms with van der Waals surface area (Å²) in [7, 11) is 0. The van der Waals surface area contributed by atoms with Gasteiger partial charge in [0.15, 0.2) is 11.6 Å². The van der Waals surface area contributed by atoms with Gasteiger partial charge in [-0.25, -0.2) is 29.5 Å². The largest absolute Gasteiger partial charge is 0.481 e. The number of rotatable bonds is 20. The third-order valence-electron chi connectivity index (χ3n) is 17.2. The Morgan fingerprint density at radius 3 is 1.40 bits per heavy atom. The van der Waals surface area contributed by atoms with Gasteiger partial charge in [0.25, 0.3) is 0 Å². The molecular formula is C62H69BrF12N8O8S. The Morgan fingerprint density at radius 2 is 1.02 bits per heavy atom. The Labute approximate surface area is 535 Å². The molecule has 9 rings (SSSR count). The van der Waals surface area contributed by atoms with E-state index in [1.54, 1.807) is 13.1 Å². The molecular weight excluding hydrogens is 1320 g/mol. The van der Waals surface area contributed by atoms with Crippen LogP contribution in [0.1, 0.15) is 156 Å². The maximum atomic E-state index is 13.6. The van der Waals surface area contributed by atoms with Gasteiger partial charge in [-0.1, -0.05) is 0 Å². The Morgan fingerprint density at radius 1 is 0.620 bits per heavy atom. The van der Waals surface area contributed by atoms with E-state index in [4.69, 9.17) is 29.3 Å². The first-order chi connectivity index (χ1) is 43.2. The second-order valence-electron chi connectivity index (χ2n) is 23.5. The van der Waals surface area contributed by atoms with E-state index in [0.717, 1.165) is 56.9 Å². The van der Waals surface area contributed by atoms with Crippen LogP contribution in [0, 0.1) is 23.7 Å². The van der Waals surface area contributed by atoms with Crippen molar-refractivity contribution in [2.75, 3.05) is 42.6 Å². The van der Waals surface area contributed by atoms with Gasteiger partial charge >= 0.3 is 48.8 Å². The van der Waals surface area contributed by atoms with Crippen LogP contribution < -0.4 is 9.80 Å². The standard InChI is InChI=1S/C32H34F6N4O4S.C30H35BrF6N4O4/c1-3-41(15-20-6-4-19(5-7-20)10-27(43)44)29-26(40-25(14-39-29)21-8-9-47-17-21)16-42-18(2)28(46-30(42)45)22-11-23(31(33,34)35)13-24(12-22)32(36,37)38;1-4-40(15-19-8-6-18(7-9-19)10-25(42)44-5-2)27-23(39-24(31)14-38-27)16-41-17(3)26(45-28(41)43)20-11-21(29(32,33)34)13-22(12-20)30(35,36)37/h8-9,11-14,17-20,28H,3-7,10,15-16H2,1-2H3,(H,43,44);11-14,17-19,26H,4-10,15-16H2,1-3H3/t18-,19?,20?,28?;17-,18?,19?,26?/m00/s1. The second kappa shape index (κ2) is 29.5. The minimum Gasteiger partial charge on any atom is -0.481 e. The summed E-state index contributed by atoms with van der Waals surface area (Å²) in [4.78, 5) is 74.4. The molecule has 5 aromatic rings. The van der Waals surface area contributed by atoms with Crippen molar-refractivity contribution in [1.82, 2.24) is 29.7 Å². The number of hydrogen-bond acceptors (Lipinski definition) is 14. The highest BCUT2D eigenvalue weighted by Crippen LogP contribution is 2.45. The molecule has 2 aliphatic carbocycles. The molecule has 4 fully saturated rings. The molecule has 16 nitrogen and oxygen atoms in total. The molecule has 2 aromatic carbocycles. The van der Waals surface area contributed by atoms with Gasteiger partial charge in [-0.3, -0.25) is 19.4 Å². The number of hydrogen-bond donors (Lipinski definition) is 1. The molecule has 2 unspecified atom stereocenters. The Kier molecular flexibility index (Phi) is 22.8. The zero-order valence-corrected chi connectivity index (χ0v) is 53.1. The summed E-state index contributed by atoms with van der Waals surface area (Å²) in [5.41, 5.74) is -4.63. The maximum absolute atomic E-state index is 13.6. The van der Waals surface area contributed by atoms with E-state index >= 15 is 0 Å². The molecule has 0 spiro atoms. The first-order valence-corrected chi connectivity index (χ1v) is 31.8. The fraction of sp³-hybridized carbons (Fsp3) is 0.548. The van der Waals surface area contributed by atoms with E-state index in [0.29, 0.717) is 103 Å². The summed E-state index contributed by atoms with van der Waals surface area (Å²) < 4.78 is 179. The van der Waals surface area contributed by atoms with Crippen LogP contribution in [-0.4, -0.2) is 104 Å². The first kappa shape index (κ1) is 70.9. The first-order valence-electron chi connectivity index (χ1n) is 30.0. The predicted octanol–water partition coefficient (Wildman–Crippen LogP) is 16.4. The lowest BCUT2D eigenvalue weighted by Gasteiger charge is -2.33. The van der Waals surface area contributed by atoms with Crippen molar-refractivity contribution in [3.8, 4) is 11.3 Å². The maximum Gasteiger partial charge on any atom is 0.416 e. The van der Waals surface area contributed by atoms with Crippen LogP contribution in [0.15, 0.2) is 70.2 Å². The van der Waals surface area contributed by atoms with Gasteiger partial charge in [0.1, 0.15) is 28.2 Å². The van der Waals surface area contributed by atoms with E-state index in [9.17, 15) is 71.9 Å². The van der Waals surface area contributed by atoms with E-state index in [-0.39, 0.29) is 55.4 Å². The van der Waals surface area contributed by atoms with Crippen molar-refractivity contribution < 1.29 is 91.2 Å². The van der Waals surface area contributed by atoms with Gasteiger partial charge in [0.05, 0.1) is 72.1 Å². The number of esters is 1. The highest BCUT2D eigenvalue weighted by Gasteiger charge is 2.46. The van der Waals surface area contributed by atoms with E-state index in [1.165, 1.54) is 41.2 Å². The quantitative estimate of drug-likeness (QED) is 0.0441. The van der Waals surface area contributed by atoms with Crippen LogP contribution in [0.4, 0.5) is 73.9 Å². The molecule has 0 bridgehead atoms. The number of carbonyl (C=O) groups is 4. The summed E-state index contributed by atoms with van der Waals surface area (Å²) in [5, 5.41) is 12.9. The third kappa shape index (κ3) is 17.8. The number of anilines is 2. The van der Waals surface area contributed by atoms with Crippen molar-refractivity contribution in [1.29, 1.82) is 0 Å². The number of aliphatic carboxylic acids is 1. The molecule has 2 saturated heterocycles. The number of nitrogens with zero attached hydrogens (tertiary/aromatic N) is 8. The average molecular weight is 1390 g/mol. The lowest BCUT2D eigenvalue weighted by Crippen LogP contribution is -2.36. The molecule has 2 saturated carbocycles. The van der Waals surface area contributed by atoms with Gasteiger partial charge in [-0.15, -0.1) is 0 Å². The zero-order chi connectivity index (χ0) is 67.2. The summed E-state index contributed by atoms with van der Waals surface area (Å²) in [6.07, 6.45) is -14.1. The number of halogens is 13. The lowest BCUT2D eigenvalue weighted by molar-refractivity contribution is -0.145. The number of carboxylic acids is 1. The minimum atomic E-state index is -5.05. The SMILES string of the molecule is CCN(CC1CCC(CC(=O)O)CC1)c1ncc(-c2ccsc2)nc1CN1C(=O)OC(c2cc(C(F)(F)F)cc(C(F)(F)F)c2)[C@@H]1C.CCOC(=O)CC1CCC(CN(CC)c2ncc(Br)nc2CN2C(=O)OC(c3cc(C(F)(F)F)cc(C(F)(F)F)c3)[C@@H]2C)CC1. The summed E-state index contributed by atoms with van der Waals surface area (Å²) in [5.74, 6) is 1.03. The van der Waals surface area contributed by atoms with Crippen molar-refractivity contribution in [3.05, 3.63) is 115 Å². The molecule has 2 amide bonds. The molecule has 5 heterocycles. The van der Waals surface area contributed by atoms with E-state index < -0.39 is 101 Å². The fourth-order valence-corrected chi connectivity index (χ4v) is 13.3. The number of amides is 2. The van der Waals surface area contributed by atoms with Crippen molar-refractivity contribution >= 4 is 63.0 Å². The Hall–Kier alpha value is -6.98. The smallest absolute Gasteiger partial charge is 0.416 e. The summed E-state index contributed by atoms with van der Waals surface area (Å²) in [6, 6.07) is 2.41. The molecule has 3 aromatic heterocycles. The van der Waals surface area contributed by atoms with Crippen LogP contribution in [0.25, 0.3) is 11.3 Å². The van der Waals surface area contributed by atoms with Gasteiger partial charge in [-0.05, 0) is 185 Å². The number of cyclic esters (lactones) is 2. The number of alkyl halides is 12. The minimum absolute atomic E-state index is 0.0399. The van der Waals surface area contributed by atoms with Crippen LogP contribution in [0.2, 0.25) is 0 Å². The van der Waals surface area contributed by atoms with Crippen LogP contribution in [0.5, 0.6) is 0 Å². The van der Waals surface area contributed by atoms with Gasteiger partial charge in [-0.2, -0.15) is 64.0 Å². The molecule has 1 N–H and O–H groups in total.